The predicted octanol–water partition coefficient (Wildman–Crippen LogP) is 2.61. The van der Waals surface area contributed by atoms with E-state index >= 15 is 0 Å². The fraction of sp³-hybridized carbons (Fsp3) is 0.429. The highest BCUT2D eigenvalue weighted by Crippen LogP contribution is 2.37. The van der Waals surface area contributed by atoms with Crippen LogP contribution in [0.3, 0.4) is 0 Å². The van der Waals surface area contributed by atoms with Gasteiger partial charge in [-0.2, -0.15) is 0 Å². The first kappa shape index (κ1) is 21.8. The monoisotopic (exact) mass is 413 g/mol. The third-order valence-corrected chi connectivity index (χ3v) is 4.87. The molecule has 6 heteroatoms. The van der Waals surface area contributed by atoms with E-state index in [0.29, 0.717) is 29.2 Å². The summed E-state index contributed by atoms with van der Waals surface area (Å²) in [6.07, 6.45) is 5.08. The van der Waals surface area contributed by atoms with Crippen molar-refractivity contribution in [2.24, 2.45) is 0 Å². The van der Waals surface area contributed by atoms with Gasteiger partial charge in [0.05, 0.1) is 11.6 Å². The van der Waals surface area contributed by atoms with Crippen LogP contribution < -0.4 is 27.2 Å². The van der Waals surface area contributed by atoms with Crippen molar-refractivity contribution < 1.29 is 27.7 Å². The van der Waals surface area contributed by atoms with E-state index in [0.717, 1.165) is 17.7 Å². The van der Waals surface area contributed by atoms with Gasteiger partial charge in [0.25, 0.3) is 0 Å². The van der Waals surface area contributed by atoms with Crippen LogP contribution in [0.5, 0.6) is 11.5 Å². The van der Waals surface area contributed by atoms with Crippen molar-refractivity contribution in [2.45, 2.75) is 51.8 Å². The van der Waals surface area contributed by atoms with E-state index in [9.17, 15) is 4.39 Å². The van der Waals surface area contributed by atoms with Gasteiger partial charge in [-0.05, 0) is 55.2 Å². The molecule has 1 saturated carbocycles. The number of halogens is 3. The first-order chi connectivity index (χ1) is 12.7. The van der Waals surface area contributed by atoms with Crippen molar-refractivity contribution in [2.75, 3.05) is 6.61 Å². The van der Waals surface area contributed by atoms with Gasteiger partial charge in [-0.1, -0.05) is 36.6 Å². The molecule has 0 spiro atoms. The van der Waals surface area contributed by atoms with E-state index in [1.807, 2.05) is 25.1 Å². The third-order valence-electron chi connectivity index (χ3n) is 4.59. The SMILES string of the molecule is CCOc1cc(CNC2CCCC2)cc(Cl)c1OCc1cccc(F)c1.[Cl-].[H+]. The van der Waals surface area contributed by atoms with Crippen molar-refractivity contribution >= 4 is 11.6 Å². The zero-order chi connectivity index (χ0) is 18.4. The second kappa shape index (κ2) is 10.7. The number of hydrogen-bond donors (Lipinski definition) is 1. The lowest BCUT2D eigenvalue weighted by Crippen LogP contribution is -3.00. The lowest BCUT2D eigenvalue weighted by atomic mass is 10.1. The summed E-state index contributed by atoms with van der Waals surface area (Å²) < 4.78 is 24.9. The van der Waals surface area contributed by atoms with E-state index in [1.54, 1.807) is 6.07 Å². The standard InChI is InChI=1S/C21H25ClFNO2.ClH/c1-2-25-20-12-16(13-24-18-8-3-4-9-18)11-19(22)21(20)26-14-15-6-5-7-17(23)10-15;/h5-7,10-12,18,24H,2-4,8-9,13-14H2,1H3;1H. The molecule has 0 amide bonds. The molecule has 148 valence electrons. The number of hydrogen-bond acceptors (Lipinski definition) is 3. The molecule has 1 fully saturated rings. The molecule has 0 unspecified atom stereocenters. The molecule has 0 aliphatic heterocycles. The number of rotatable bonds is 8. The Morgan fingerprint density at radius 1 is 1.15 bits per heavy atom. The molecule has 2 aromatic rings. The van der Waals surface area contributed by atoms with E-state index in [1.165, 1.54) is 37.8 Å². The molecule has 1 aliphatic rings. The van der Waals surface area contributed by atoms with Crippen LogP contribution in [-0.4, -0.2) is 12.6 Å². The molecule has 0 bridgehead atoms. The summed E-state index contributed by atoms with van der Waals surface area (Å²) in [5.74, 6) is 0.845. The van der Waals surface area contributed by atoms with Gasteiger partial charge in [0.2, 0.25) is 0 Å². The van der Waals surface area contributed by atoms with Gasteiger partial charge >= 0.3 is 1.43 Å². The van der Waals surface area contributed by atoms with Crippen molar-refractivity contribution in [1.29, 1.82) is 0 Å². The number of nitrogens with one attached hydrogen (secondary N) is 1. The summed E-state index contributed by atoms with van der Waals surface area (Å²) >= 11 is 6.46. The molecular formula is C21H26Cl2FNO2. The molecule has 0 heterocycles. The maximum absolute atomic E-state index is 13.3. The summed E-state index contributed by atoms with van der Waals surface area (Å²) in [6.45, 7) is 3.44. The van der Waals surface area contributed by atoms with Crippen LogP contribution in [0.25, 0.3) is 0 Å². The fourth-order valence-electron chi connectivity index (χ4n) is 3.30. The molecule has 3 nitrogen and oxygen atoms in total. The van der Waals surface area contributed by atoms with Crippen LogP contribution >= 0.6 is 11.6 Å². The van der Waals surface area contributed by atoms with Gasteiger partial charge in [-0.3, -0.25) is 0 Å². The molecular weight excluding hydrogens is 388 g/mol. The van der Waals surface area contributed by atoms with E-state index < -0.39 is 0 Å². The normalized spacial score (nSPS) is 14.0. The first-order valence-electron chi connectivity index (χ1n) is 9.21. The summed E-state index contributed by atoms with van der Waals surface area (Å²) in [5, 5.41) is 4.09. The molecule has 0 radical (unpaired) electrons. The lowest BCUT2D eigenvalue weighted by molar-refractivity contribution is -0.00000669. The van der Waals surface area contributed by atoms with Crippen LogP contribution in [0.1, 0.15) is 45.2 Å². The second-order valence-corrected chi connectivity index (χ2v) is 7.03. The van der Waals surface area contributed by atoms with E-state index in [-0.39, 0.29) is 26.3 Å². The molecule has 1 aliphatic carbocycles. The smallest absolute Gasteiger partial charge is 1.00 e. The Morgan fingerprint density at radius 2 is 1.93 bits per heavy atom. The largest absolute Gasteiger partial charge is 1.00 e. The summed E-state index contributed by atoms with van der Waals surface area (Å²) in [6, 6.07) is 10.8. The zero-order valence-electron chi connectivity index (χ0n) is 16.4. The molecule has 0 aromatic heterocycles. The highest BCUT2D eigenvalue weighted by Gasteiger charge is 2.16. The minimum Gasteiger partial charge on any atom is -1.00 e. The summed E-state index contributed by atoms with van der Waals surface area (Å²) in [5.41, 5.74) is 1.82. The number of benzene rings is 2. The first-order valence-corrected chi connectivity index (χ1v) is 9.59. The molecule has 0 atom stereocenters. The van der Waals surface area contributed by atoms with Crippen LogP contribution in [0.15, 0.2) is 36.4 Å². The maximum Gasteiger partial charge on any atom is 1.00 e. The molecule has 0 saturated heterocycles. The topological polar surface area (TPSA) is 30.5 Å². The van der Waals surface area contributed by atoms with Gasteiger partial charge < -0.3 is 27.2 Å². The van der Waals surface area contributed by atoms with Gasteiger partial charge in [0, 0.05) is 12.6 Å². The van der Waals surface area contributed by atoms with Gasteiger partial charge in [0.1, 0.15) is 12.4 Å². The fourth-order valence-corrected chi connectivity index (χ4v) is 3.59. The Bertz CT molecular complexity index is 742. The second-order valence-electron chi connectivity index (χ2n) is 6.62. The van der Waals surface area contributed by atoms with Crippen LogP contribution in [0.2, 0.25) is 5.02 Å². The average Bonchev–Trinajstić information content (AvgIpc) is 3.13. The molecule has 27 heavy (non-hydrogen) atoms. The highest BCUT2D eigenvalue weighted by atomic mass is 35.5. The maximum atomic E-state index is 13.3. The Labute approximate surface area is 173 Å². The molecule has 2 aromatic carbocycles. The minimum atomic E-state index is -0.282. The Morgan fingerprint density at radius 3 is 2.63 bits per heavy atom. The van der Waals surface area contributed by atoms with Crippen LogP contribution in [-0.2, 0) is 13.2 Å². The van der Waals surface area contributed by atoms with Crippen molar-refractivity contribution in [3.05, 3.63) is 58.4 Å². The number of ether oxygens (including phenoxy) is 2. The third kappa shape index (κ3) is 6.27. The Kier molecular flexibility index (Phi) is 8.68. The van der Waals surface area contributed by atoms with Gasteiger partial charge in [0.15, 0.2) is 11.5 Å². The molecule has 3 rings (SSSR count). The Balaban J connectivity index is 0.00000196. The average molecular weight is 414 g/mol. The summed E-state index contributed by atoms with van der Waals surface area (Å²) in [4.78, 5) is 0. The minimum absolute atomic E-state index is 0. The zero-order valence-corrected chi connectivity index (χ0v) is 17.0. The van der Waals surface area contributed by atoms with E-state index in [4.69, 9.17) is 21.1 Å². The van der Waals surface area contributed by atoms with Crippen LogP contribution in [0, 0.1) is 5.82 Å². The van der Waals surface area contributed by atoms with Crippen molar-refractivity contribution in [1.82, 2.24) is 5.32 Å². The summed E-state index contributed by atoms with van der Waals surface area (Å²) in [7, 11) is 0. The lowest BCUT2D eigenvalue weighted by Gasteiger charge is -2.17. The highest BCUT2D eigenvalue weighted by molar-refractivity contribution is 6.32. The molecule has 1 N–H and O–H groups in total. The van der Waals surface area contributed by atoms with Gasteiger partial charge in [-0.15, -0.1) is 0 Å². The van der Waals surface area contributed by atoms with Crippen molar-refractivity contribution in [3.8, 4) is 11.5 Å². The quantitative estimate of drug-likeness (QED) is 0.721. The predicted molar refractivity (Wildman–Crippen MR) is 104 cm³/mol. The van der Waals surface area contributed by atoms with Crippen LogP contribution in [0.4, 0.5) is 4.39 Å². The van der Waals surface area contributed by atoms with Gasteiger partial charge in [-0.25, -0.2) is 4.39 Å². The van der Waals surface area contributed by atoms with Crippen molar-refractivity contribution in [3.63, 3.8) is 0 Å². The Hall–Kier alpha value is -1.49. The van der Waals surface area contributed by atoms with E-state index in [2.05, 4.69) is 5.32 Å².